The molecule has 0 saturated carbocycles. The third-order valence-corrected chi connectivity index (χ3v) is 4.86. The molecule has 0 aliphatic heterocycles. The molecule has 0 aliphatic carbocycles. The molecule has 8 heteroatoms. The number of carbonyl (C=O) groups is 3. The quantitative estimate of drug-likeness (QED) is 0.484. The van der Waals surface area contributed by atoms with Crippen molar-refractivity contribution in [2.75, 3.05) is 26.1 Å². The van der Waals surface area contributed by atoms with Crippen LogP contribution >= 0.6 is 0 Å². The van der Waals surface area contributed by atoms with Gasteiger partial charge in [0.05, 0.1) is 25.3 Å². The number of benzene rings is 3. The Morgan fingerprint density at radius 3 is 2.06 bits per heavy atom. The molecule has 0 saturated heterocycles. The van der Waals surface area contributed by atoms with E-state index in [1.54, 1.807) is 30.3 Å². The van der Waals surface area contributed by atoms with Gasteiger partial charge in [-0.25, -0.2) is 9.59 Å². The summed E-state index contributed by atoms with van der Waals surface area (Å²) < 4.78 is 20.8. The fourth-order valence-electron chi connectivity index (χ4n) is 3.20. The highest BCUT2D eigenvalue weighted by Gasteiger charge is 2.19. The van der Waals surface area contributed by atoms with E-state index < -0.39 is 11.9 Å². The predicted molar refractivity (Wildman–Crippen MR) is 126 cm³/mol. The molecule has 3 aromatic rings. The van der Waals surface area contributed by atoms with Gasteiger partial charge in [-0.05, 0) is 67.9 Å². The summed E-state index contributed by atoms with van der Waals surface area (Å²) in [4.78, 5) is 36.2. The van der Waals surface area contributed by atoms with E-state index in [1.807, 2.05) is 32.0 Å². The minimum Gasteiger partial charge on any atom is -0.483 e. The molecule has 1 amide bonds. The number of hydrogen-bond acceptors (Lipinski definition) is 7. The summed E-state index contributed by atoms with van der Waals surface area (Å²) in [7, 11) is 2.45. The fourth-order valence-corrected chi connectivity index (χ4v) is 3.20. The van der Waals surface area contributed by atoms with E-state index in [2.05, 4.69) is 5.32 Å². The van der Waals surface area contributed by atoms with E-state index in [0.717, 1.165) is 11.1 Å². The molecule has 34 heavy (non-hydrogen) atoms. The van der Waals surface area contributed by atoms with Gasteiger partial charge in [-0.2, -0.15) is 0 Å². The Balaban J connectivity index is 1.62. The zero-order chi connectivity index (χ0) is 24.7. The van der Waals surface area contributed by atoms with Gasteiger partial charge in [-0.3, -0.25) is 4.79 Å². The van der Waals surface area contributed by atoms with E-state index in [9.17, 15) is 14.4 Å². The summed E-state index contributed by atoms with van der Waals surface area (Å²) in [5, 5.41) is 2.76. The van der Waals surface area contributed by atoms with Gasteiger partial charge in [-0.1, -0.05) is 17.7 Å². The minimum absolute atomic E-state index is 0.0274. The maximum atomic E-state index is 12.2. The minimum atomic E-state index is -0.688. The molecule has 0 aromatic heterocycles. The third kappa shape index (κ3) is 6.13. The van der Waals surface area contributed by atoms with E-state index in [-0.39, 0.29) is 23.6 Å². The van der Waals surface area contributed by atoms with Crippen LogP contribution in [0.4, 0.5) is 5.69 Å². The fraction of sp³-hybridized carbons (Fsp3) is 0.192. The van der Waals surface area contributed by atoms with Gasteiger partial charge < -0.3 is 24.3 Å². The number of nitrogens with one attached hydrogen (secondary N) is 1. The molecule has 0 fully saturated rings. The normalized spacial score (nSPS) is 10.2. The maximum absolute atomic E-state index is 12.2. The number of carbonyl (C=O) groups excluding carboxylic acids is 3. The largest absolute Gasteiger partial charge is 0.483 e. The Morgan fingerprint density at radius 2 is 1.41 bits per heavy atom. The van der Waals surface area contributed by atoms with Gasteiger partial charge >= 0.3 is 11.9 Å². The van der Waals surface area contributed by atoms with Crippen LogP contribution in [-0.4, -0.2) is 38.7 Å². The van der Waals surface area contributed by atoms with E-state index in [1.165, 1.54) is 26.4 Å². The number of anilines is 1. The van der Waals surface area contributed by atoms with Crippen LogP contribution in [-0.2, 0) is 14.3 Å². The Morgan fingerprint density at radius 1 is 0.765 bits per heavy atom. The third-order valence-electron chi connectivity index (χ3n) is 4.86. The molecule has 8 nitrogen and oxygen atoms in total. The highest BCUT2D eigenvalue weighted by atomic mass is 16.5. The van der Waals surface area contributed by atoms with Crippen LogP contribution in [0.25, 0.3) is 0 Å². The molecule has 0 spiro atoms. The van der Waals surface area contributed by atoms with Gasteiger partial charge in [0, 0.05) is 5.69 Å². The first kappa shape index (κ1) is 24.3. The van der Waals surface area contributed by atoms with Crippen molar-refractivity contribution in [3.05, 3.63) is 82.9 Å². The summed E-state index contributed by atoms with van der Waals surface area (Å²) in [6.45, 7) is 3.80. The van der Waals surface area contributed by atoms with Gasteiger partial charge in [0.15, 0.2) is 6.61 Å². The smallest absolute Gasteiger partial charge is 0.338 e. The molecule has 0 unspecified atom stereocenters. The monoisotopic (exact) mass is 463 g/mol. The summed E-state index contributed by atoms with van der Waals surface area (Å²) in [5.41, 5.74) is 2.75. The lowest BCUT2D eigenvalue weighted by Crippen LogP contribution is -2.20. The van der Waals surface area contributed by atoms with Gasteiger partial charge in [0.1, 0.15) is 17.2 Å². The van der Waals surface area contributed by atoms with E-state index in [4.69, 9.17) is 18.9 Å². The molecule has 3 rings (SSSR count). The number of esters is 2. The molecular formula is C26H25NO7. The first-order valence-corrected chi connectivity index (χ1v) is 10.4. The molecule has 0 aliphatic rings. The lowest BCUT2D eigenvalue weighted by molar-refractivity contribution is -0.118. The Kier molecular flexibility index (Phi) is 7.87. The maximum Gasteiger partial charge on any atom is 0.338 e. The first-order valence-electron chi connectivity index (χ1n) is 10.4. The second-order valence-corrected chi connectivity index (χ2v) is 7.42. The molecule has 3 aromatic carbocycles. The van der Waals surface area contributed by atoms with Crippen molar-refractivity contribution in [2.45, 2.75) is 13.8 Å². The molecule has 1 N–H and O–H groups in total. The lowest BCUT2D eigenvalue weighted by atomic mass is 10.1. The zero-order valence-corrected chi connectivity index (χ0v) is 19.3. The lowest BCUT2D eigenvalue weighted by Gasteiger charge is -2.12. The molecule has 0 heterocycles. The number of amides is 1. The highest BCUT2D eigenvalue weighted by Crippen LogP contribution is 2.26. The second-order valence-electron chi connectivity index (χ2n) is 7.42. The molecule has 0 bridgehead atoms. The van der Waals surface area contributed by atoms with Crippen molar-refractivity contribution in [2.24, 2.45) is 0 Å². The van der Waals surface area contributed by atoms with Crippen molar-refractivity contribution in [3.8, 4) is 17.2 Å². The summed E-state index contributed by atoms with van der Waals surface area (Å²) in [6.07, 6.45) is 0. The molecule has 176 valence electrons. The number of hydrogen-bond donors (Lipinski definition) is 1. The van der Waals surface area contributed by atoms with Crippen LogP contribution in [0.1, 0.15) is 31.8 Å². The highest BCUT2D eigenvalue weighted by molar-refractivity contribution is 6.03. The van der Waals surface area contributed by atoms with Crippen LogP contribution in [0.2, 0.25) is 0 Å². The van der Waals surface area contributed by atoms with Crippen molar-refractivity contribution in [1.29, 1.82) is 0 Å². The van der Waals surface area contributed by atoms with E-state index >= 15 is 0 Å². The van der Waals surface area contributed by atoms with Gasteiger partial charge in [0.25, 0.3) is 5.91 Å². The molecule has 0 atom stereocenters. The number of ether oxygens (including phenoxy) is 4. The number of aryl methyl sites for hydroxylation is 2. The van der Waals surface area contributed by atoms with Crippen LogP contribution in [0.5, 0.6) is 17.2 Å². The SMILES string of the molecule is COC(=O)c1ccc(Oc2ccc(NC(=O)COc3ccc(C)cc3C)cc2)cc1C(=O)OC. The van der Waals surface area contributed by atoms with Crippen molar-refractivity contribution in [3.63, 3.8) is 0 Å². The Bertz CT molecular complexity index is 1200. The summed E-state index contributed by atoms with van der Waals surface area (Å²) >= 11 is 0. The van der Waals surface area contributed by atoms with Gasteiger partial charge in [0.2, 0.25) is 0 Å². The number of rotatable bonds is 8. The average Bonchev–Trinajstić information content (AvgIpc) is 2.83. The molecule has 0 radical (unpaired) electrons. The predicted octanol–water partition coefficient (Wildman–Crippen LogP) is 4.69. The summed E-state index contributed by atoms with van der Waals surface area (Å²) in [5.74, 6) is -0.192. The van der Waals surface area contributed by atoms with Crippen LogP contribution < -0.4 is 14.8 Å². The standard InChI is InChI=1S/C26H25NO7/c1-16-5-12-23(17(2)13-16)33-15-24(28)27-18-6-8-19(9-7-18)34-20-10-11-21(25(29)31-3)22(14-20)26(30)32-4/h5-14H,15H2,1-4H3,(H,27,28). The Labute approximate surface area is 197 Å². The topological polar surface area (TPSA) is 100 Å². The van der Waals surface area contributed by atoms with Crippen molar-refractivity contribution in [1.82, 2.24) is 0 Å². The Hall–Kier alpha value is -4.33. The average molecular weight is 463 g/mol. The first-order chi connectivity index (χ1) is 16.3. The summed E-state index contributed by atoms with van der Waals surface area (Å²) in [6, 6.07) is 16.8. The van der Waals surface area contributed by atoms with Crippen LogP contribution in [0.15, 0.2) is 60.7 Å². The zero-order valence-electron chi connectivity index (χ0n) is 19.3. The molecular weight excluding hydrogens is 438 g/mol. The van der Waals surface area contributed by atoms with Gasteiger partial charge in [-0.15, -0.1) is 0 Å². The van der Waals surface area contributed by atoms with Crippen molar-refractivity contribution < 1.29 is 33.3 Å². The van der Waals surface area contributed by atoms with Crippen LogP contribution in [0, 0.1) is 13.8 Å². The second kappa shape index (κ2) is 11.0. The van der Waals surface area contributed by atoms with Crippen molar-refractivity contribution >= 4 is 23.5 Å². The number of methoxy groups -OCH3 is 2. The van der Waals surface area contributed by atoms with Crippen LogP contribution in [0.3, 0.4) is 0 Å². The van der Waals surface area contributed by atoms with E-state index in [0.29, 0.717) is 22.9 Å².